The van der Waals surface area contributed by atoms with Crippen LogP contribution in [0, 0.1) is 5.82 Å². The molecule has 0 spiro atoms. The minimum Gasteiger partial charge on any atom is -0.494 e. The lowest BCUT2D eigenvalue weighted by molar-refractivity contribution is -0.123. The first-order valence-electron chi connectivity index (χ1n) is 9.98. The SMILES string of the molecule is COc1ccc(CCNC(=O)CCCCC(=O)NCCc2ccccc2)cc1F. The van der Waals surface area contributed by atoms with E-state index in [0.717, 1.165) is 12.0 Å². The van der Waals surface area contributed by atoms with Gasteiger partial charge in [0, 0.05) is 25.9 Å². The van der Waals surface area contributed by atoms with Crippen LogP contribution in [-0.2, 0) is 22.4 Å². The van der Waals surface area contributed by atoms with Gasteiger partial charge in [-0.2, -0.15) is 0 Å². The molecule has 0 aliphatic carbocycles. The Bertz CT molecular complexity index is 781. The maximum absolute atomic E-state index is 13.6. The van der Waals surface area contributed by atoms with E-state index in [1.807, 2.05) is 30.3 Å². The van der Waals surface area contributed by atoms with Crippen molar-refractivity contribution in [2.75, 3.05) is 20.2 Å². The molecule has 29 heavy (non-hydrogen) atoms. The third-order valence-corrected chi connectivity index (χ3v) is 4.59. The van der Waals surface area contributed by atoms with Gasteiger partial charge < -0.3 is 15.4 Å². The van der Waals surface area contributed by atoms with Gasteiger partial charge in [0.05, 0.1) is 7.11 Å². The first-order chi connectivity index (χ1) is 14.1. The summed E-state index contributed by atoms with van der Waals surface area (Å²) in [5.74, 6) is -0.230. The Morgan fingerprint density at radius 3 is 2.00 bits per heavy atom. The number of carbonyl (C=O) groups is 2. The second-order valence-electron chi connectivity index (χ2n) is 6.86. The van der Waals surface area contributed by atoms with Crippen LogP contribution in [-0.4, -0.2) is 32.0 Å². The molecule has 0 radical (unpaired) electrons. The molecule has 0 fully saturated rings. The van der Waals surface area contributed by atoms with E-state index in [0.29, 0.717) is 45.2 Å². The third-order valence-electron chi connectivity index (χ3n) is 4.59. The van der Waals surface area contributed by atoms with Crippen LogP contribution in [0.4, 0.5) is 4.39 Å². The van der Waals surface area contributed by atoms with Crippen LogP contribution < -0.4 is 15.4 Å². The maximum Gasteiger partial charge on any atom is 0.220 e. The molecule has 2 amide bonds. The summed E-state index contributed by atoms with van der Waals surface area (Å²) >= 11 is 0. The van der Waals surface area contributed by atoms with Crippen molar-refractivity contribution in [1.82, 2.24) is 10.6 Å². The molecule has 0 aliphatic rings. The topological polar surface area (TPSA) is 67.4 Å². The summed E-state index contributed by atoms with van der Waals surface area (Å²) in [7, 11) is 1.42. The molecule has 0 saturated heterocycles. The van der Waals surface area contributed by atoms with Gasteiger partial charge in [0.25, 0.3) is 0 Å². The quantitative estimate of drug-likeness (QED) is 0.537. The molecule has 0 atom stereocenters. The Kier molecular flexibility index (Phi) is 9.69. The fraction of sp³-hybridized carbons (Fsp3) is 0.391. The van der Waals surface area contributed by atoms with Gasteiger partial charge in [-0.05, 0) is 48.9 Å². The van der Waals surface area contributed by atoms with Crippen molar-refractivity contribution >= 4 is 11.8 Å². The lowest BCUT2D eigenvalue weighted by Gasteiger charge is -2.08. The number of hydrogen-bond donors (Lipinski definition) is 2. The van der Waals surface area contributed by atoms with E-state index >= 15 is 0 Å². The summed E-state index contributed by atoms with van der Waals surface area (Å²) in [6.45, 7) is 1.07. The molecule has 2 aromatic rings. The molecule has 0 bridgehead atoms. The number of ether oxygens (including phenoxy) is 1. The summed E-state index contributed by atoms with van der Waals surface area (Å²) < 4.78 is 18.5. The van der Waals surface area contributed by atoms with Crippen LogP contribution in [0.1, 0.15) is 36.8 Å². The maximum atomic E-state index is 13.6. The molecule has 2 rings (SSSR count). The van der Waals surface area contributed by atoms with Crippen molar-refractivity contribution < 1.29 is 18.7 Å². The Morgan fingerprint density at radius 1 is 0.862 bits per heavy atom. The molecule has 0 unspecified atom stereocenters. The summed E-state index contributed by atoms with van der Waals surface area (Å²) in [4.78, 5) is 23.7. The minimum absolute atomic E-state index is 0.0165. The van der Waals surface area contributed by atoms with Gasteiger partial charge in [0.1, 0.15) is 0 Å². The summed E-state index contributed by atoms with van der Waals surface area (Å²) in [5.41, 5.74) is 2.00. The third kappa shape index (κ3) is 8.77. The number of halogens is 1. The zero-order chi connectivity index (χ0) is 20.9. The Morgan fingerprint density at radius 2 is 1.45 bits per heavy atom. The smallest absolute Gasteiger partial charge is 0.220 e. The van der Waals surface area contributed by atoms with E-state index in [2.05, 4.69) is 10.6 Å². The predicted molar refractivity (Wildman–Crippen MR) is 111 cm³/mol. The van der Waals surface area contributed by atoms with Crippen molar-refractivity contribution in [1.29, 1.82) is 0 Å². The highest BCUT2D eigenvalue weighted by atomic mass is 19.1. The predicted octanol–water partition coefficient (Wildman–Crippen LogP) is 3.41. The van der Waals surface area contributed by atoms with Crippen LogP contribution in [0.3, 0.4) is 0 Å². The molecule has 0 heterocycles. The van der Waals surface area contributed by atoms with Gasteiger partial charge >= 0.3 is 0 Å². The summed E-state index contributed by atoms with van der Waals surface area (Å²) in [5, 5.41) is 5.73. The normalized spacial score (nSPS) is 10.4. The zero-order valence-corrected chi connectivity index (χ0v) is 16.9. The second kappa shape index (κ2) is 12.5. The van der Waals surface area contributed by atoms with E-state index in [9.17, 15) is 14.0 Å². The summed E-state index contributed by atoms with van der Waals surface area (Å²) in [6.07, 6.45) is 3.51. The first-order valence-corrected chi connectivity index (χ1v) is 9.98. The first kappa shape index (κ1) is 22.4. The molecule has 0 saturated carbocycles. The highest BCUT2D eigenvalue weighted by Crippen LogP contribution is 2.17. The number of methoxy groups -OCH3 is 1. The number of unbranched alkanes of at least 4 members (excludes halogenated alkanes) is 1. The molecule has 0 aliphatic heterocycles. The van der Waals surface area contributed by atoms with Crippen LogP contribution >= 0.6 is 0 Å². The van der Waals surface area contributed by atoms with Crippen LogP contribution in [0.5, 0.6) is 5.75 Å². The lowest BCUT2D eigenvalue weighted by atomic mass is 10.1. The molecular formula is C23H29FN2O3. The molecule has 6 heteroatoms. The minimum atomic E-state index is -0.404. The fourth-order valence-corrected chi connectivity index (χ4v) is 2.95. The number of nitrogens with one attached hydrogen (secondary N) is 2. The molecule has 156 valence electrons. The Hall–Kier alpha value is -2.89. The Balaban J connectivity index is 1.51. The van der Waals surface area contributed by atoms with E-state index in [1.165, 1.54) is 18.7 Å². The molecule has 2 aromatic carbocycles. The van der Waals surface area contributed by atoms with Gasteiger partial charge in [0.2, 0.25) is 11.8 Å². The number of carbonyl (C=O) groups excluding carboxylic acids is 2. The van der Waals surface area contributed by atoms with Gasteiger partial charge in [-0.3, -0.25) is 9.59 Å². The van der Waals surface area contributed by atoms with Crippen molar-refractivity contribution in [2.24, 2.45) is 0 Å². The van der Waals surface area contributed by atoms with Crippen molar-refractivity contribution in [3.63, 3.8) is 0 Å². The number of hydrogen-bond acceptors (Lipinski definition) is 3. The molecule has 0 aromatic heterocycles. The van der Waals surface area contributed by atoms with E-state index in [-0.39, 0.29) is 17.6 Å². The van der Waals surface area contributed by atoms with Crippen LogP contribution in [0.15, 0.2) is 48.5 Å². The van der Waals surface area contributed by atoms with Crippen LogP contribution in [0.25, 0.3) is 0 Å². The van der Waals surface area contributed by atoms with Gasteiger partial charge in [-0.1, -0.05) is 36.4 Å². The molecule has 5 nitrogen and oxygen atoms in total. The molecular weight excluding hydrogens is 371 g/mol. The van der Waals surface area contributed by atoms with Gasteiger partial charge in [0.15, 0.2) is 11.6 Å². The molecule has 2 N–H and O–H groups in total. The zero-order valence-electron chi connectivity index (χ0n) is 16.9. The average Bonchev–Trinajstić information content (AvgIpc) is 2.72. The van der Waals surface area contributed by atoms with Crippen molar-refractivity contribution in [3.8, 4) is 5.75 Å². The second-order valence-corrected chi connectivity index (χ2v) is 6.86. The fourth-order valence-electron chi connectivity index (χ4n) is 2.95. The number of benzene rings is 2. The number of rotatable bonds is 12. The van der Waals surface area contributed by atoms with Crippen molar-refractivity contribution in [2.45, 2.75) is 38.5 Å². The Labute approximate surface area is 171 Å². The van der Waals surface area contributed by atoms with Crippen LogP contribution in [0.2, 0.25) is 0 Å². The van der Waals surface area contributed by atoms with E-state index in [1.54, 1.807) is 12.1 Å². The number of amides is 2. The van der Waals surface area contributed by atoms with Crippen molar-refractivity contribution in [3.05, 3.63) is 65.5 Å². The monoisotopic (exact) mass is 400 g/mol. The average molecular weight is 400 g/mol. The largest absolute Gasteiger partial charge is 0.494 e. The lowest BCUT2D eigenvalue weighted by Crippen LogP contribution is -2.26. The van der Waals surface area contributed by atoms with Gasteiger partial charge in [-0.15, -0.1) is 0 Å². The van der Waals surface area contributed by atoms with E-state index < -0.39 is 5.82 Å². The highest BCUT2D eigenvalue weighted by molar-refractivity contribution is 5.77. The van der Waals surface area contributed by atoms with Gasteiger partial charge in [-0.25, -0.2) is 4.39 Å². The van der Waals surface area contributed by atoms with E-state index in [4.69, 9.17) is 4.74 Å². The standard InChI is InChI=1S/C23H29FN2O3/c1-29-21-12-11-19(17-20(21)24)14-16-26-23(28)10-6-5-9-22(27)25-15-13-18-7-3-2-4-8-18/h2-4,7-8,11-12,17H,5-6,9-10,13-16H2,1H3,(H,25,27)(H,26,28). The summed E-state index contributed by atoms with van der Waals surface area (Å²) in [6, 6.07) is 14.8. The highest BCUT2D eigenvalue weighted by Gasteiger charge is 2.06.